The van der Waals surface area contributed by atoms with Crippen LogP contribution < -0.4 is 0 Å². The van der Waals surface area contributed by atoms with E-state index in [4.69, 9.17) is 0 Å². The Morgan fingerprint density at radius 2 is 1.48 bits per heavy atom. The molecule has 2 nitrogen and oxygen atoms in total. The van der Waals surface area contributed by atoms with Gasteiger partial charge in [0, 0.05) is 5.41 Å². The highest BCUT2D eigenvalue weighted by Gasteiger charge is 2.33. The fourth-order valence-corrected chi connectivity index (χ4v) is 2.28. The highest BCUT2D eigenvalue weighted by atomic mass is 16.3. The molecule has 0 spiro atoms. The molecule has 0 fully saturated rings. The summed E-state index contributed by atoms with van der Waals surface area (Å²) in [5, 5.41) is 19.7. The van der Waals surface area contributed by atoms with Gasteiger partial charge in [0.2, 0.25) is 0 Å². The SMILES string of the molecule is C=C(CC(CO)(CO)CC(=C)C(C)(C)C)c1ccccc1. The van der Waals surface area contributed by atoms with Gasteiger partial charge >= 0.3 is 0 Å². The summed E-state index contributed by atoms with van der Waals surface area (Å²) < 4.78 is 0. The van der Waals surface area contributed by atoms with Crippen molar-refractivity contribution >= 4 is 5.57 Å². The van der Waals surface area contributed by atoms with Gasteiger partial charge in [0.05, 0.1) is 13.2 Å². The average molecular weight is 288 g/mol. The molecule has 0 aliphatic carbocycles. The topological polar surface area (TPSA) is 40.5 Å². The average Bonchev–Trinajstić information content (AvgIpc) is 2.46. The van der Waals surface area contributed by atoms with E-state index in [0.717, 1.165) is 16.7 Å². The Kier molecular flexibility index (Phi) is 5.94. The smallest absolute Gasteiger partial charge is 0.0515 e. The van der Waals surface area contributed by atoms with Gasteiger partial charge < -0.3 is 10.2 Å². The molecule has 0 radical (unpaired) electrons. The fourth-order valence-electron chi connectivity index (χ4n) is 2.28. The number of benzene rings is 1. The van der Waals surface area contributed by atoms with E-state index >= 15 is 0 Å². The largest absolute Gasteiger partial charge is 0.396 e. The van der Waals surface area contributed by atoms with Gasteiger partial charge in [-0.3, -0.25) is 0 Å². The minimum atomic E-state index is -0.600. The number of aliphatic hydroxyl groups is 2. The van der Waals surface area contributed by atoms with Crippen LogP contribution in [0.5, 0.6) is 0 Å². The normalized spacial score (nSPS) is 12.2. The van der Waals surface area contributed by atoms with Crippen LogP contribution in [-0.4, -0.2) is 23.4 Å². The predicted molar refractivity (Wildman–Crippen MR) is 89.9 cm³/mol. The summed E-state index contributed by atoms with van der Waals surface area (Å²) in [6.07, 6.45) is 1.15. The molecule has 21 heavy (non-hydrogen) atoms. The van der Waals surface area contributed by atoms with Crippen molar-refractivity contribution < 1.29 is 10.2 Å². The van der Waals surface area contributed by atoms with Crippen molar-refractivity contribution in [2.24, 2.45) is 10.8 Å². The number of hydrogen-bond donors (Lipinski definition) is 2. The molecular weight excluding hydrogens is 260 g/mol. The molecule has 0 amide bonds. The van der Waals surface area contributed by atoms with Crippen molar-refractivity contribution in [3.63, 3.8) is 0 Å². The highest BCUT2D eigenvalue weighted by Crippen LogP contribution is 2.39. The first-order valence-electron chi connectivity index (χ1n) is 7.37. The molecule has 0 bridgehead atoms. The van der Waals surface area contributed by atoms with Crippen LogP contribution in [0.1, 0.15) is 39.2 Å². The fraction of sp³-hybridized carbons (Fsp3) is 0.474. The van der Waals surface area contributed by atoms with Crippen molar-refractivity contribution in [3.05, 3.63) is 54.6 Å². The van der Waals surface area contributed by atoms with Crippen LogP contribution in [0.15, 0.2) is 49.1 Å². The first-order valence-corrected chi connectivity index (χ1v) is 7.37. The molecule has 0 heterocycles. The quantitative estimate of drug-likeness (QED) is 0.743. The maximum Gasteiger partial charge on any atom is 0.0515 e. The molecule has 1 rings (SSSR count). The van der Waals surface area contributed by atoms with Crippen LogP contribution in [0.3, 0.4) is 0 Å². The Balaban J connectivity index is 2.91. The van der Waals surface area contributed by atoms with Gasteiger partial charge in [0.1, 0.15) is 0 Å². The Morgan fingerprint density at radius 1 is 0.952 bits per heavy atom. The van der Waals surface area contributed by atoms with Crippen LogP contribution in [0.25, 0.3) is 5.57 Å². The molecule has 0 aliphatic rings. The molecule has 1 aromatic carbocycles. The first kappa shape index (κ1) is 17.7. The Hall–Kier alpha value is -1.38. The summed E-state index contributed by atoms with van der Waals surface area (Å²) in [5.41, 5.74) is 2.37. The van der Waals surface area contributed by atoms with E-state index in [-0.39, 0.29) is 18.6 Å². The third kappa shape index (κ3) is 4.83. The Labute approximate surface area is 128 Å². The number of allylic oxidation sites excluding steroid dienone is 2. The number of hydrogen-bond acceptors (Lipinski definition) is 2. The van der Waals surface area contributed by atoms with Crippen LogP contribution in [0, 0.1) is 10.8 Å². The lowest BCUT2D eigenvalue weighted by Crippen LogP contribution is -2.32. The van der Waals surface area contributed by atoms with Crippen molar-refractivity contribution in [1.29, 1.82) is 0 Å². The van der Waals surface area contributed by atoms with Gasteiger partial charge in [-0.1, -0.05) is 69.8 Å². The second kappa shape index (κ2) is 7.06. The highest BCUT2D eigenvalue weighted by molar-refractivity contribution is 5.63. The zero-order chi connectivity index (χ0) is 16.1. The van der Waals surface area contributed by atoms with E-state index in [9.17, 15) is 10.2 Å². The zero-order valence-corrected chi connectivity index (χ0v) is 13.5. The van der Waals surface area contributed by atoms with E-state index in [1.54, 1.807) is 0 Å². The molecule has 116 valence electrons. The van der Waals surface area contributed by atoms with Crippen molar-refractivity contribution in [1.82, 2.24) is 0 Å². The van der Waals surface area contributed by atoms with E-state index < -0.39 is 5.41 Å². The number of aliphatic hydroxyl groups excluding tert-OH is 2. The lowest BCUT2D eigenvalue weighted by molar-refractivity contribution is 0.0555. The third-order valence-corrected chi connectivity index (χ3v) is 4.09. The van der Waals surface area contributed by atoms with Crippen molar-refractivity contribution in [2.75, 3.05) is 13.2 Å². The molecule has 2 N–H and O–H groups in total. The summed E-state index contributed by atoms with van der Waals surface area (Å²) >= 11 is 0. The van der Waals surface area contributed by atoms with E-state index in [0.29, 0.717) is 12.8 Å². The summed E-state index contributed by atoms with van der Waals surface area (Å²) in [6, 6.07) is 9.90. The monoisotopic (exact) mass is 288 g/mol. The maximum atomic E-state index is 9.84. The van der Waals surface area contributed by atoms with Gasteiger partial charge in [-0.2, -0.15) is 0 Å². The Bertz CT molecular complexity index is 476. The van der Waals surface area contributed by atoms with Gasteiger partial charge in [0.25, 0.3) is 0 Å². The molecular formula is C19H28O2. The van der Waals surface area contributed by atoms with E-state index in [1.165, 1.54) is 0 Å². The van der Waals surface area contributed by atoms with Crippen LogP contribution in [0.4, 0.5) is 0 Å². The van der Waals surface area contributed by atoms with Crippen molar-refractivity contribution in [3.8, 4) is 0 Å². The second-order valence-corrected chi connectivity index (χ2v) is 6.99. The molecule has 0 saturated carbocycles. The molecule has 0 atom stereocenters. The second-order valence-electron chi connectivity index (χ2n) is 6.99. The maximum absolute atomic E-state index is 9.84. The third-order valence-electron chi connectivity index (χ3n) is 4.09. The summed E-state index contributed by atoms with van der Waals surface area (Å²) in [4.78, 5) is 0. The van der Waals surface area contributed by atoms with Crippen molar-refractivity contribution in [2.45, 2.75) is 33.6 Å². The molecule has 0 saturated heterocycles. The molecule has 2 heteroatoms. The molecule has 1 aromatic rings. The predicted octanol–water partition coefficient (Wildman–Crippen LogP) is 4.05. The first-order chi connectivity index (χ1) is 9.74. The molecule has 0 unspecified atom stereocenters. The van der Waals surface area contributed by atoms with E-state index in [2.05, 4.69) is 33.9 Å². The molecule has 0 aliphatic heterocycles. The lowest BCUT2D eigenvalue weighted by atomic mass is 9.72. The summed E-state index contributed by atoms with van der Waals surface area (Å²) in [5.74, 6) is 0. The van der Waals surface area contributed by atoms with Crippen LogP contribution in [-0.2, 0) is 0 Å². The number of rotatable bonds is 7. The van der Waals surface area contributed by atoms with Crippen LogP contribution >= 0.6 is 0 Å². The standard InChI is InChI=1S/C19H28O2/c1-15(17-9-7-6-8-10-17)11-19(13-20,14-21)12-16(2)18(3,4)5/h6-10,20-21H,1-2,11-14H2,3-5H3. The van der Waals surface area contributed by atoms with Gasteiger partial charge in [-0.25, -0.2) is 0 Å². The van der Waals surface area contributed by atoms with E-state index in [1.807, 2.05) is 30.3 Å². The summed E-state index contributed by atoms with van der Waals surface area (Å²) in [7, 11) is 0. The lowest BCUT2D eigenvalue weighted by Gasteiger charge is -2.35. The Morgan fingerprint density at radius 3 is 1.90 bits per heavy atom. The zero-order valence-electron chi connectivity index (χ0n) is 13.5. The molecule has 0 aromatic heterocycles. The van der Waals surface area contributed by atoms with Crippen LogP contribution in [0.2, 0.25) is 0 Å². The van der Waals surface area contributed by atoms with Gasteiger partial charge in [-0.15, -0.1) is 0 Å². The minimum absolute atomic E-state index is 0.0380. The van der Waals surface area contributed by atoms with Gasteiger partial charge in [0.15, 0.2) is 0 Å². The summed E-state index contributed by atoms with van der Waals surface area (Å²) in [6.45, 7) is 14.4. The minimum Gasteiger partial charge on any atom is -0.396 e. The van der Waals surface area contributed by atoms with Gasteiger partial charge in [-0.05, 0) is 29.4 Å².